The number of aliphatic hydroxyl groups excluding tert-OH is 1. The highest BCUT2D eigenvalue weighted by atomic mass is 16.3. The fraction of sp³-hybridized carbons (Fsp3) is 0.600. The van der Waals surface area contributed by atoms with Crippen LogP contribution in [-0.4, -0.2) is 48.8 Å². The Bertz CT molecular complexity index is 323. The third-order valence-corrected chi connectivity index (χ3v) is 3.48. The number of hydrogen-bond donors (Lipinski definition) is 2. The van der Waals surface area contributed by atoms with E-state index in [1.54, 1.807) is 0 Å². The second-order valence-corrected chi connectivity index (χ2v) is 5.10. The number of rotatable bonds is 7. The zero-order chi connectivity index (χ0) is 12.6. The third-order valence-electron chi connectivity index (χ3n) is 3.48. The Morgan fingerprint density at radius 3 is 2.61 bits per heavy atom. The van der Waals surface area contributed by atoms with Gasteiger partial charge in [0.05, 0.1) is 6.10 Å². The first-order valence-electron chi connectivity index (χ1n) is 6.99. The summed E-state index contributed by atoms with van der Waals surface area (Å²) in [7, 11) is 0. The minimum Gasteiger partial charge on any atom is -0.390 e. The summed E-state index contributed by atoms with van der Waals surface area (Å²) in [6, 6.07) is 10.5. The van der Waals surface area contributed by atoms with Crippen molar-refractivity contribution in [2.75, 3.05) is 32.7 Å². The highest BCUT2D eigenvalue weighted by molar-refractivity contribution is 5.14. The Morgan fingerprint density at radius 2 is 1.89 bits per heavy atom. The summed E-state index contributed by atoms with van der Waals surface area (Å²) in [6.07, 6.45) is 3.36. The minimum absolute atomic E-state index is 0.237. The van der Waals surface area contributed by atoms with Crippen molar-refractivity contribution in [2.45, 2.75) is 25.4 Å². The molecule has 100 valence electrons. The Kier molecular flexibility index (Phi) is 5.65. The predicted molar refractivity (Wildman–Crippen MR) is 74.7 cm³/mol. The van der Waals surface area contributed by atoms with Crippen molar-refractivity contribution in [3.8, 4) is 0 Å². The maximum absolute atomic E-state index is 9.90. The monoisotopic (exact) mass is 248 g/mol. The number of hydrogen-bond acceptors (Lipinski definition) is 3. The number of aliphatic hydroxyl groups is 1. The van der Waals surface area contributed by atoms with Gasteiger partial charge in [0.25, 0.3) is 0 Å². The molecule has 3 nitrogen and oxygen atoms in total. The molecular weight excluding hydrogens is 224 g/mol. The molecule has 0 aromatic heterocycles. The van der Waals surface area contributed by atoms with E-state index in [-0.39, 0.29) is 6.10 Å². The molecule has 1 unspecified atom stereocenters. The van der Waals surface area contributed by atoms with Gasteiger partial charge in [-0.05, 0) is 44.5 Å². The number of benzene rings is 1. The summed E-state index contributed by atoms with van der Waals surface area (Å²) in [5.41, 5.74) is 1.35. The lowest BCUT2D eigenvalue weighted by Crippen LogP contribution is -2.37. The number of nitrogens with one attached hydrogen (secondary N) is 1. The molecule has 2 rings (SSSR count). The minimum atomic E-state index is -0.237. The van der Waals surface area contributed by atoms with Gasteiger partial charge in [-0.1, -0.05) is 30.3 Å². The van der Waals surface area contributed by atoms with Crippen molar-refractivity contribution in [1.29, 1.82) is 0 Å². The molecule has 1 saturated heterocycles. The smallest absolute Gasteiger partial charge is 0.0791 e. The van der Waals surface area contributed by atoms with Gasteiger partial charge in [-0.25, -0.2) is 0 Å². The second kappa shape index (κ2) is 7.52. The van der Waals surface area contributed by atoms with Crippen molar-refractivity contribution < 1.29 is 5.11 Å². The van der Waals surface area contributed by atoms with Gasteiger partial charge in [-0.2, -0.15) is 0 Å². The molecule has 1 heterocycles. The molecule has 1 fully saturated rings. The third kappa shape index (κ3) is 4.77. The molecule has 1 aliphatic rings. The van der Waals surface area contributed by atoms with E-state index in [0.717, 1.165) is 32.6 Å². The molecule has 1 aromatic rings. The average molecular weight is 248 g/mol. The summed E-state index contributed by atoms with van der Waals surface area (Å²) in [5, 5.41) is 13.2. The van der Waals surface area contributed by atoms with E-state index in [2.05, 4.69) is 34.5 Å². The summed E-state index contributed by atoms with van der Waals surface area (Å²) in [5.74, 6) is 0. The average Bonchev–Trinajstić information content (AvgIpc) is 2.89. The van der Waals surface area contributed by atoms with Crippen molar-refractivity contribution in [1.82, 2.24) is 10.2 Å². The molecule has 0 radical (unpaired) electrons. The number of nitrogens with zero attached hydrogens (tertiary/aromatic N) is 1. The van der Waals surface area contributed by atoms with Crippen LogP contribution >= 0.6 is 0 Å². The molecule has 1 aromatic carbocycles. The van der Waals surface area contributed by atoms with E-state index in [1.165, 1.54) is 18.4 Å². The molecule has 1 aliphatic heterocycles. The first-order chi connectivity index (χ1) is 8.84. The topological polar surface area (TPSA) is 35.5 Å². The standard InChI is InChI=1S/C15H24N2O/c18-15(13-17-10-4-5-11-17)12-16-9-8-14-6-2-1-3-7-14/h1-3,6-7,15-16,18H,4-5,8-13H2. The van der Waals surface area contributed by atoms with Crippen molar-refractivity contribution in [3.05, 3.63) is 35.9 Å². The van der Waals surface area contributed by atoms with Crippen molar-refractivity contribution >= 4 is 0 Å². The van der Waals surface area contributed by atoms with Crippen LogP contribution in [-0.2, 0) is 6.42 Å². The summed E-state index contributed by atoms with van der Waals surface area (Å²) in [6.45, 7) is 4.75. The zero-order valence-corrected chi connectivity index (χ0v) is 11.0. The van der Waals surface area contributed by atoms with Crippen LogP contribution in [0.2, 0.25) is 0 Å². The SMILES string of the molecule is OC(CNCCc1ccccc1)CN1CCCC1. The van der Waals surface area contributed by atoms with E-state index in [9.17, 15) is 5.11 Å². The highest BCUT2D eigenvalue weighted by Crippen LogP contribution is 2.07. The predicted octanol–water partition coefficient (Wildman–Crippen LogP) is 1.28. The van der Waals surface area contributed by atoms with E-state index in [0.29, 0.717) is 6.54 Å². The first kappa shape index (κ1) is 13.5. The van der Waals surface area contributed by atoms with Gasteiger partial charge in [0.1, 0.15) is 0 Å². The molecule has 0 aliphatic carbocycles. The Labute approximate surface area is 110 Å². The fourth-order valence-electron chi connectivity index (χ4n) is 2.47. The molecule has 3 heteroatoms. The number of likely N-dealkylation sites (tertiary alicyclic amines) is 1. The van der Waals surface area contributed by atoms with Gasteiger partial charge >= 0.3 is 0 Å². The molecule has 0 saturated carbocycles. The van der Waals surface area contributed by atoms with Gasteiger partial charge in [0.2, 0.25) is 0 Å². The van der Waals surface area contributed by atoms with Gasteiger partial charge in [-0.3, -0.25) is 0 Å². The quantitative estimate of drug-likeness (QED) is 0.714. The van der Waals surface area contributed by atoms with Gasteiger partial charge in [0.15, 0.2) is 0 Å². The molecule has 0 amide bonds. The second-order valence-electron chi connectivity index (χ2n) is 5.10. The van der Waals surface area contributed by atoms with Crippen LogP contribution in [0.1, 0.15) is 18.4 Å². The Hall–Kier alpha value is -0.900. The van der Waals surface area contributed by atoms with Crippen molar-refractivity contribution in [3.63, 3.8) is 0 Å². The van der Waals surface area contributed by atoms with Crippen LogP contribution in [0, 0.1) is 0 Å². The first-order valence-corrected chi connectivity index (χ1v) is 6.99. The van der Waals surface area contributed by atoms with E-state index >= 15 is 0 Å². The molecule has 2 N–H and O–H groups in total. The molecule has 0 spiro atoms. The van der Waals surface area contributed by atoms with Gasteiger partial charge in [-0.15, -0.1) is 0 Å². The van der Waals surface area contributed by atoms with Crippen LogP contribution in [0.5, 0.6) is 0 Å². The molecule has 18 heavy (non-hydrogen) atoms. The lowest BCUT2D eigenvalue weighted by Gasteiger charge is -2.19. The van der Waals surface area contributed by atoms with Gasteiger partial charge < -0.3 is 15.3 Å². The molecular formula is C15H24N2O. The normalized spacial score (nSPS) is 18.1. The lowest BCUT2D eigenvalue weighted by molar-refractivity contribution is 0.124. The Balaban J connectivity index is 1.54. The van der Waals surface area contributed by atoms with Crippen molar-refractivity contribution in [2.24, 2.45) is 0 Å². The Morgan fingerprint density at radius 1 is 1.17 bits per heavy atom. The maximum Gasteiger partial charge on any atom is 0.0791 e. The van der Waals surface area contributed by atoms with E-state index < -0.39 is 0 Å². The van der Waals surface area contributed by atoms with Crippen LogP contribution in [0.15, 0.2) is 30.3 Å². The largest absolute Gasteiger partial charge is 0.390 e. The summed E-state index contributed by atoms with van der Waals surface area (Å²) >= 11 is 0. The van der Waals surface area contributed by atoms with E-state index in [4.69, 9.17) is 0 Å². The number of β-amino-alcohol motifs (C(OH)–C–C–N with tert-alkyl or cyclic N) is 1. The summed E-state index contributed by atoms with van der Waals surface area (Å²) < 4.78 is 0. The van der Waals surface area contributed by atoms with Crippen LogP contribution in [0.25, 0.3) is 0 Å². The highest BCUT2D eigenvalue weighted by Gasteiger charge is 2.15. The fourth-order valence-corrected chi connectivity index (χ4v) is 2.47. The summed E-state index contributed by atoms with van der Waals surface area (Å²) in [4.78, 5) is 2.35. The van der Waals surface area contributed by atoms with E-state index in [1.807, 2.05) is 6.07 Å². The zero-order valence-electron chi connectivity index (χ0n) is 11.0. The van der Waals surface area contributed by atoms with Crippen LogP contribution < -0.4 is 5.32 Å². The molecule has 1 atom stereocenters. The van der Waals surface area contributed by atoms with Crippen LogP contribution in [0.3, 0.4) is 0 Å². The maximum atomic E-state index is 9.90. The molecule has 0 bridgehead atoms. The van der Waals surface area contributed by atoms with Gasteiger partial charge in [0, 0.05) is 13.1 Å². The van der Waals surface area contributed by atoms with Crippen LogP contribution in [0.4, 0.5) is 0 Å². The lowest BCUT2D eigenvalue weighted by atomic mass is 10.1.